The first-order valence-electron chi connectivity index (χ1n) is 41.0. The lowest BCUT2D eigenvalue weighted by atomic mass is 9.76. The summed E-state index contributed by atoms with van der Waals surface area (Å²) in [4.78, 5) is 0. The summed E-state index contributed by atoms with van der Waals surface area (Å²) in [7, 11) is 0. The summed E-state index contributed by atoms with van der Waals surface area (Å²) in [6.45, 7) is 53.4. The third kappa shape index (κ3) is 16.3. The third-order valence-corrected chi connectivity index (χ3v) is 22.4. The number of hydrogen-bond acceptors (Lipinski definition) is 0. The normalized spacial score (nSPS) is 13.7. The van der Waals surface area contributed by atoms with Crippen molar-refractivity contribution in [3.63, 3.8) is 0 Å². The molecule has 12 aromatic rings. The summed E-state index contributed by atoms with van der Waals surface area (Å²) in [5.74, 6) is 0.219. The maximum Gasteiger partial charge on any atom is 0.0636 e. The molecule has 0 amide bonds. The van der Waals surface area contributed by atoms with Gasteiger partial charge in [0.15, 0.2) is 0 Å². The van der Waals surface area contributed by atoms with Crippen LogP contribution in [0.15, 0.2) is 272 Å². The van der Waals surface area contributed by atoms with Gasteiger partial charge in [-0.25, -0.2) is 0 Å². The van der Waals surface area contributed by atoms with E-state index in [0.717, 1.165) is 113 Å². The molecule has 0 bridgehead atoms. The van der Waals surface area contributed by atoms with Gasteiger partial charge in [-0.1, -0.05) is 341 Å². The molecule has 0 radical (unpaired) electrons. The monoisotopic (exact) mass is 1430 g/mol. The Morgan fingerprint density at radius 2 is 0.440 bits per heavy atom. The molecule has 0 saturated carbocycles. The van der Waals surface area contributed by atoms with E-state index in [1.165, 1.54) is 55.7 Å². The van der Waals surface area contributed by atoms with Crippen molar-refractivity contribution in [1.82, 2.24) is 0 Å². The zero-order valence-electron chi connectivity index (χ0n) is 71.7. The lowest BCUT2D eigenvalue weighted by Gasteiger charge is -2.28. The largest absolute Gasteiger partial charge is 0.0839 e. The van der Waals surface area contributed by atoms with E-state index in [1.54, 1.807) is 0 Å². The minimum Gasteiger partial charge on any atom is -0.0839 e. The van der Waals surface area contributed by atoms with Gasteiger partial charge in [-0.2, -0.15) is 0 Å². The summed E-state index contributed by atoms with van der Waals surface area (Å²) in [6.07, 6.45) is 6.52. The van der Waals surface area contributed by atoms with Gasteiger partial charge in [0, 0.05) is 0 Å². The predicted octanol–water partition coefficient (Wildman–Crippen LogP) is 32.1. The van der Waals surface area contributed by atoms with Crippen LogP contribution in [0.5, 0.6) is 0 Å². The molecule has 554 valence electrons. The first kappa shape index (κ1) is 74.6. The Balaban J connectivity index is 1.33. The highest BCUT2D eigenvalue weighted by Gasteiger charge is 2.31. The van der Waals surface area contributed by atoms with Crippen LogP contribution in [0.1, 0.15) is 225 Å². The van der Waals surface area contributed by atoms with Gasteiger partial charge >= 0.3 is 0 Å². The fourth-order valence-corrected chi connectivity index (χ4v) is 17.0. The molecule has 1 aliphatic rings. The van der Waals surface area contributed by atoms with E-state index in [1.807, 2.05) is 0 Å². The van der Waals surface area contributed by atoms with Crippen LogP contribution < -0.4 is 0 Å². The van der Waals surface area contributed by atoms with Crippen molar-refractivity contribution >= 4 is 5.57 Å². The molecule has 0 saturated heterocycles. The highest BCUT2D eigenvalue weighted by molar-refractivity contribution is 6.01. The Bertz CT molecular complexity index is 5380. The van der Waals surface area contributed by atoms with Crippen LogP contribution >= 0.6 is 0 Å². The van der Waals surface area contributed by atoms with E-state index in [4.69, 9.17) is 0 Å². The standard InChI is InChI=1S/C109H118/c1-70(2)83-40-24-25-41-84(83)71-56-72(85-42-26-33-49-96(85)103(3,4)5)61-79(57-71)92-68-94(81-64-75(88-45-29-36-52-99(88)106(12,13)14)59-76(65-81)89-46-30-37-53-100(89)107(15,16)17)95(82-66-77(90-47-31-38-54-101(90)108(18,19)20)60-78(67-82)91-48-32-39-55-102(91)109(21,22)23)69-93(92)80-62-73(86-43-27-34-50-97(86)104(6,7)8)58-74(63-80)87-44-28-35-51-98(87)105(9,10)11/h24-25,27-41,43-70H,26,42H2,1-23H3/i68D,69D. The highest BCUT2D eigenvalue weighted by Crippen LogP contribution is 2.52. The maximum absolute atomic E-state index is 12.4. The van der Waals surface area contributed by atoms with Crippen molar-refractivity contribution in [2.24, 2.45) is 5.41 Å². The topological polar surface area (TPSA) is 0 Å². The lowest BCUT2D eigenvalue weighted by molar-refractivity contribution is 0.515. The Kier molecular flexibility index (Phi) is 20.2. The van der Waals surface area contributed by atoms with Crippen LogP contribution in [-0.2, 0) is 32.5 Å². The van der Waals surface area contributed by atoms with Crippen LogP contribution in [0, 0.1) is 5.41 Å². The molecule has 13 rings (SSSR count). The molecular weight excluding hydrogens is 1310 g/mol. The Morgan fingerprint density at radius 3 is 0.670 bits per heavy atom. The minimum atomic E-state index is -0.227. The van der Waals surface area contributed by atoms with Gasteiger partial charge in [0.25, 0.3) is 0 Å². The van der Waals surface area contributed by atoms with Gasteiger partial charge in [-0.3, -0.25) is 0 Å². The fraction of sp³-hybridized carbons (Fsp3) is 0.303. The van der Waals surface area contributed by atoms with E-state index < -0.39 is 0 Å². The molecule has 12 aromatic carbocycles. The van der Waals surface area contributed by atoms with Gasteiger partial charge in [0.05, 0.1) is 2.74 Å². The average Bonchev–Trinajstić information content (AvgIpc) is 0.718. The van der Waals surface area contributed by atoms with Gasteiger partial charge in [-0.15, -0.1) is 0 Å². The van der Waals surface area contributed by atoms with Crippen LogP contribution in [-0.4, -0.2) is 0 Å². The SMILES string of the molecule is [2H]c1c(-c2cc(C3=C(C(C)(C)C)C=CCC3)cc(-c3ccccc3C(C)C)c2)c(-c2cc(-c3ccccc3C(C)(C)C)cc(-c3ccccc3C(C)(C)C)c2)c([2H])c(-c2cc(-c3ccccc3C(C)(C)C)cc(-c3ccccc3C(C)(C)C)c2)c1-c1cc(-c2ccccc2C(C)(C)C)cc(-c2ccccc2C(C)(C)C)c1. The number of rotatable bonds is 13. The van der Waals surface area contributed by atoms with E-state index in [9.17, 15) is 2.74 Å². The van der Waals surface area contributed by atoms with Crippen LogP contribution in [0.4, 0.5) is 0 Å². The molecule has 0 heteroatoms. The number of benzene rings is 12. The van der Waals surface area contributed by atoms with Crippen molar-refractivity contribution in [3.8, 4) is 122 Å². The second-order valence-electron chi connectivity index (χ2n) is 38.5. The molecule has 0 atom stereocenters. The molecule has 0 nitrogen and oxygen atoms in total. The van der Waals surface area contributed by atoms with E-state index in [0.29, 0.717) is 34.3 Å². The molecule has 1 aliphatic carbocycles. The van der Waals surface area contributed by atoms with Crippen molar-refractivity contribution in [3.05, 3.63) is 317 Å². The molecule has 0 spiro atoms. The quantitative estimate of drug-likeness (QED) is 0.108. The second-order valence-corrected chi connectivity index (χ2v) is 38.5. The Labute approximate surface area is 659 Å². The zero-order chi connectivity index (χ0) is 79.8. The van der Waals surface area contributed by atoms with E-state index >= 15 is 0 Å². The van der Waals surface area contributed by atoms with Gasteiger partial charge < -0.3 is 0 Å². The van der Waals surface area contributed by atoms with Crippen molar-refractivity contribution < 1.29 is 2.74 Å². The molecule has 0 N–H and O–H groups in total. The molecule has 0 heterocycles. The van der Waals surface area contributed by atoms with Crippen LogP contribution in [0.25, 0.3) is 128 Å². The number of hydrogen-bond donors (Lipinski definition) is 0. The second kappa shape index (κ2) is 29.5. The summed E-state index contributed by atoms with van der Waals surface area (Å²) >= 11 is 0. The fourth-order valence-electron chi connectivity index (χ4n) is 17.0. The molecule has 0 aliphatic heterocycles. The van der Waals surface area contributed by atoms with Crippen LogP contribution in [0.2, 0.25) is 0 Å². The van der Waals surface area contributed by atoms with Gasteiger partial charge in [0.2, 0.25) is 0 Å². The predicted molar refractivity (Wildman–Crippen MR) is 477 cm³/mol. The van der Waals surface area contributed by atoms with E-state index in [2.05, 4.69) is 414 Å². The van der Waals surface area contributed by atoms with Crippen molar-refractivity contribution in [1.29, 1.82) is 0 Å². The minimum absolute atomic E-state index is 0.176. The van der Waals surface area contributed by atoms with Crippen LogP contribution in [0.3, 0.4) is 0 Å². The molecule has 0 unspecified atom stereocenters. The van der Waals surface area contributed by atoms with Gasteiger partial charge in [-0.05, 0) is 320 Å². The molecule has 0 fully saturated rings. The molecular formula is C109H118. The summed E-state index contributed by atoms with van der Waals surface area (Å²) in [5, 5.41) is 0. The average molecular weight is 1430 g/mol. The maximum atomic E-state index is 12.4. The molecule has 0 aromatic heterocycles. The van der Waals surface area contributed by atoms with Gasteiger partial charge in [0.1, 0.15) is 0 Å². The zero-order valence-corrected chi connectivity index (χ0v) is 69.7. The lowest BCUT2D eigenvalue weighted by Crippen LogP contribution is -2.13. The Hall–Kier alpha value is -9.88. The summed E-state index contributed by atoms with van der Waals surface area (Å²) in [5.41, 5.74) is 32.7. The first-order valence-corrected chi connectivity index (χ1v) is 40.0. The first-order chi connectivity index (χ1) is 52.2. The third-order valence-electron chi connectivity index (χ3n) is 22.4. The summed E-state index contributed by atoms with van der Waals surface area (Å²) < 4.78 is 24.8. The Morgan fingerprint density at radius 1 is 0.239 bits per heavy atom. The number of allylic oxidation sites excluding steroid dienone is 4. The van der Waals surface area contributed by atoms with Crippen molar-refractivity contribution in [2.45, 2.75) is 210 Å². The smallest absolute Gasteiger partial charge is 0.0636 e. The highest BCUT2D eigenvalue weighted by atomic mass is 14.3. The molecule has 109 heavy (non-hydrogen) atoms. The van der Waals surface area contributed by atoms with Crippen molar-refractivity contribution in [2.75, 3.05) is 0 Å². The summed E-state index contributed by atoms with van der Waals surface area (Å²) in [6, 6.07) is 92.1. The van der Waals surface area contributed by atoms with E-state index in [-0.39, 0.29) is 43.8 Å².